The summed E-state index contributed by atoms with van der Waals surface area (Å²) in [6.45, 7) is 6.64. The van der Waals surface area contributed by atoms with E-state index < -0.39 is 0 Å². The van der Waals surface area contributed by atoms with Crippen LogP contribution in [0, 0.1) is 6.92 Å². The number of nitrogens with one attached hydrogen (secondary N) is 1. The van der Waals surface area contributed by atoms with Crippen LogP contribution in [0.15, 0.2) is 42.7 Å². The molecular formula is C24H26N6OS. The zero-order chi connectivity index (χ0) is 22.2. The van der Waals surface area contributed by atoms with E-state index in [1.807, 2.05) is 42.2 Å². The Labute approximate surface area is 191 Å². The molecule has 0 spiro atoms. The van der Waals surface area contributed by atoms with Crippen LogP contribution in [0.1, 0.15) is 29.4 Å². The number of thiazole rings is 1. The van der Waals surface area contributed by atoms with Gasteiger partial charge < -0.3 is 9.80 Å². The van der Waals surface area contributed by atoms with Gasteiger partial charge in [-0.05, 0) is 38.6 Å². The second kappa shape index (κ2) is 8.44. The smallest absolute Gasteiger partial charge is 0.274 e. The highest BCUT2D eigenvalue weighted by atomic mass is 32.1. The van der Waals surface area contributed by atoms with Crippen molar-refractivity contribution in [3.05, 3.63) is 54.0 Å². The van der Waals surface area contributed by atoms with Crippen molar-refractivity contribution >= 4 is 28.1 Å². The van der Waals surface area contributed by atoms with Gasteiger partial charge in [0.25, 0.3) is 5.91 Å². The largest absolute Gasteiger partial charge is 0.336 e. The zero-order valence-electron chi connectivity index (χ0n) is 18.5. The number of likely N-dealkylation sites (N-methyl/N-ethyl adjacent to an activating group) is 1. The van der Waals surface area contributed by atoms with E-state index in [-0.39, 0.29) is 5.91 Å². The summed E-state index contributed by atoms with van der Waals surface area (Å²) in [7, 11) is 2.12. The molecule has 1 unspecified atom stereocenters. The van der Waals surface area contributed by atoms with Gasteiger partial charge >= 0.3 is 0 Å². The van der Waals surface area contributed by atoms with E-state index in [1.54, 1.807) is 12.4 Å². The number of pyridine rings is 1. The maximum atomic E-state index is 13.6. The lowest BCUT2D eigenvalue weighted by Gasteiger charge is -2.22. The molecule has 164 valence electrons. The summed E-state index contributed by atoms with van der Waals surface area (Å²) in [5.74, 6) is -0.0154. The van der Waals surface area contributed by atoms with Gasteiger partial charge in [0.1, 0.15) is 16.4 Å². The van der Waals surface area contributed by atoms with Crippen LogP contribution in [0.25, 0.3) is 32.0 Å². The van der Waals surface area contributed by atoms with Crippen LogP contribution in [0.2, 0.25) is 0 Å². The van der Waals surface area contributed by atoms with E-state index in [1.165, 1.54) is 11.3 Å². The lowest BCUT2D eigenvalue weighted by molar-refractivity contribution is 0.0777. The number of hydrogen-bond donors (Lipinski definition) is 1. The maximum Gasteiger partial charge on any atom is 0.274 e. The molecule has 0 bridgehead atoms. The second-order valence-electron chi connectivity index (χ2n) is 8.28. The van der Waals surface area contributed by atoms with Gasteiger partial charge in [-0.25, -0.2) is 4.98 Å². The minimum Gasteiger partial charge on any atom is -0.336 e. The van der Waals surface area contributed by atoms with E-state index in [4.69, 9.17) is 4.98 Å². The van der Waals surface area contributed by atoms with E-state index in [9.17, 15) is 4.79 Å². The summed E-state index contributed by atoms with van der Waals surface area (Å²) in [6.07, 6.45) is 4.52. The zero-order valence-corrected chi connectivity index (χ0v) is 19.3. The van der Waals surface area contributed by atoms with Crippen LogP contribution in [0.5, 0.6) is 0 Å². The number of para-hydroxylation sites is 1. The summed E-state index contributed by atoms with van der Waals surface area (Å²) >= 11 is 1.51. The number of carbonyl (C=O) groups is 1. The van der Waals surface area contributed by atoms with Gasteiger partial charge in [0, 0.05) is 42.5 Å². The highest BCUT2D eigenvalue weighted by molar-refractivity contribution is 7.18. The van der Waals surface area contributed by atoms with E-state index in [0.29, 0.717) is 11.7 Å². The molecule has 1 N–H and O–H groups in total. The summed E-state index contributed by atoms with van der Waals surface area (Å²) in [5.41, 5.74) is 4.28. The topological polar surface area (TPSA) is 78.0 Å². The molecule has 1 fully saturated rings. The number of likely N-dealkylation sites (tertiary alicyclic amines) is 1. The highest BCUT2D eigenvalue weighted by Gasteiger charge is 2.32. The molecule has 0 saturated carbocycles. The number of amides is 1. The quantitative estimate of drug-likeness (QED) is 0.497. The molecule has 0 radical (unpaired) electrons. The molecule has 4 heterocycles. The Morgan fingerprint density at radius 3 is 2.97 bits per heavy atom. The van der Waals surface area contributed by atoms with Crippen LogP contribution in [-0.2, 0) is 0 Å². The Morgan fingerprint density at radius 2 is 2.19 bits per heavy atom. The van der Waals surface area contributed by atoms with Crippen molar-refractivity contribution in [3.63, 3.8) is 0 Å². The fourth-order valence-corrected chi connectivity index (χ4v) is 5.36. The fourth-order valence-electron chi connectivity index (χ4n) is 4.30. The monoisotopic (exact) mass is 446 g/mol. The van der Waals surface area contributed by atoms with Crippen LogP contribution in [0.4, 0.5) is 0 Å². The predicted molar refractivity (Wildman–Crippen MR) is 128 cm³/mol. The minimum absolute atomic E-state index is 0.0154. The van der Waals surface area contributed by atoms with E-state index >= 15 is 0 Å². The van der Waals surface area contributed by atoms with Gasteiger partial charge in [-0.3, -0.25) is 14.9 Å². The van der Waals surface area contributed by atoms with Crippen LogP contribution < -0.4 is 0 Å². The number of benzene rings is 1. The lowest BCUT2D eigenvalue weighted by Crippen LogP contribution is -2.36. The maximum absolute atomic E-state index is 13.6. The first-order valence-corrected chi connectivity index (χ1v) is 11.7. The predicted octanol–water partition coefficient (Wildman–Crippen LogP) is 4.22. The number of fused-ring (bicyclic) bond motifs is 1. The average molecular weight is 447 g/mol. The van der Waals surface area contributed by atoms with Gasteiger partial charge in [-0.2, -0.15) is 5.10 Å². The molecule has 1 aliphatic heterocycles. The van der Waals surface area contributed by atoms with Crippen molar-refractivity contribution in [3.8, 4) is 21.1 Å². The number of carbonyl (C=O) groups excluding carboxylic acids is 1. The molecule has 32 heavy (non-hydrogen) atoms. The van der Waals surface area contributed by atoms with Crippen molar-refractivity contribution in [2.45, 2.75) is 26.3 Å². The van der Waals surface area contributed by atoms with Crippen molar-refractivity contribution < 1.29 is 4.79 Å². The van der Waals surface area contributed by atoms with E-state index in [0.717, 1.165) is 63.7 Å². The third-order valence-electron chi connectivity index (χ3n) is 6.33. The normalized spacial score (nSPS) is 16.4. The molecule has 1 amide bonds. The van der Waals surface area contributed by atoms with Gasteiger partial charge in [-0.1, -0.05) is 31.2 Å². The molecule has 3 aromatic heterocycles. The number of nitrogens with zero attached hydrogens (tertiary/aromatic N) is 5. The number of H-pyrrole nitrogens is 1. The Morgan fingerprint density at radius 1 is 1.31 bits per heavy atom. The fraction of sp³-hybridized carbons (Fsp3) is 0.333. The summed E-state index contributed by atoms with van der Waals surface area (Å²) in [6, 6.07) is 10.4. The first-order chi connectivity index (χ1) is 15.6. The average Bonchev–Trinajstić information content (AvgIpc) is 3.57. The Bertz CT molecular complexity index is 1260. The molecule has 1 atom stereocenters. The SMILES string of the molecule is CCN(C)C1CCN(C(=O)c2nc(-c3[nH]nc4c(C)cccc34)sc2-c2cccnc2)C1. The van der Waals surface area contributed by atoms with Gasteiger partial charge in [-0.15, -0.1) is 11.3 Å². The molecule has 1 saturated heterocycles. The highest BCUT2D eigenvalue weighted by Crippen LogP contribution is 2.38. The number of aromatic nitrogens is 4. The summed E-state index contributed by atoms with van der Waals surface area (Å²) < 4.78 is 0. The molecule has 5 rings (SSSR count). The Kier molecular flexibility index (Phi) is 5.48. The van der Waals surface area contributed by atoms with Gasteiger partial charge in [0.2, 0.25) is 0 Å². The van der Waals surface area contributed by atoms with Crippen LogP contribution in [0.3, 0.4) is 0 Å². The third kappa shape index (κ3) is 3.59. The lowest BCUT2D eigenvalue weighted by atomic mass is 10.1. The number of aryl methyl sites for hydroxylation is 1. The molecule has 1 aliphatic rings. The number of hydrogen-bond acceptors (Lipinski definition) is 6. The summed E-state index contributed by atoms with van der Waals surface area (Å²) in [4.78, 5) is 27.8. The Hall–Kier alpha value is -3.10. The van der Waals surface area contributed by atoms with Gasteiger partial charge in [0.15, 0.2) is 0 Å². The molecule has 8 heteroatoms. The molecular weight excluding hydrogens is 420 g/mol. The standard InChI is InChI=1S/C24H26N6OS/c1-4-29(3)17-10-12-30(14-17)24(31)21-22(16-8-6-11-25-13-16)32-23(26-21)20-18-9-5-7-15(2)19(18)27-28-20/h5-9,11,13,17H,4,10,12,14H2,1-3H3,(H,27,28). The van der Waals surface area contributed by atoms with Crippen molar-refractivity contribution in [1.29, 1.82) is 0 Å². The van der Waals surface area contributed by atoms with Crippen LogP contribution >= 0.6 is 11.3 Å². The van der Waals surface area contributed by atoms with Gasteiger partial charge in [0.05, 0.1) is 10.4 Å². The minimum atomic E-state index is -0.0154. The molecule has 4 aromatic rings. The first kappa shape index (κ1) is 20.8. The summed E-state index contributed by atoms with van der Waals surface area (Å²) in [5, 5.41) is 9.43. The van der Waals surface area contributed by atoms with E-state index in [2.05, 4.69) is 34.1 Å². The van der Waals surface area contributed by atoms with Crippen LogP contribution in [-0.4, -0.2) is 68.6 Å². The number of aromatic amines is 1. The molecule has 7 nitrogen and oxygen atoms in total. The molecule has 1 aromatic carbocycles. The number of rotatable bonds is 5. The third-order valence-corrected chi connectivity index (χ3v) is 7.45. The Balaban J connectivity index is 1.57. The van der Waals surface area contributed by atoms with Crippen molar-refractivity contribution in [2.75, 3.05) is 26.7 Å². The first-order valence-electron chi connectivity index (χ1n) is 10.9. The van der Waals surface area contributed by atoms with Crippen molar-refractivity contribution in [2.24, 2.45) is 0 Å². The van der Waals surface area contributed by atoms with Crippen molar-refractivity contribution in [1.82, 2.24) is 30.0 Å². The molecule has 0 aliphatic carbocycles. The second-order valence-corrected chi connectivity index (χ2v) is 9.27.